The Balaban J connectivity index is 2.05. The highest BCUT2D eigenvalue weighted by Gasteiger charge is 2.30. The third-order valence-corrected chi connectivity index (χ3v) is 4.37. The quantitative estimate of drug-likeness (QED) is 0.849. The van der Waals surface area contributed by atoms with Gasteiger partial charge in [0, 0.05) is 10.8 Å². The van der Waals surface area contributed by atoms with E-state index in [1.54, 1.807) is 18.4 Å². The smallest absolute Gasteiger partial charge is 0.129 e. The monoisotopic (exact) mass is 270 g/mol. The fraction of sp³-hybridized carbons (Fsp3) is 0.333. The zero-order chi connectivity index (χ0) is 13.2. The largest absolute Gasteiger partial charge is 0.496 e. The van der Waals surface area contributed by atoms with Gasteiger partial charge >= 0.3 is 0 Å². The number of hydrogen-bond donors (Lipinski definition) is 0. The van der Waals surface area contributed by atoms with Gasteiger partial charge in [-0.05, 0) is 25.0 Å². The van der Waals surface area contributed by atoms with Gasteiger partial charge < -0.3 is 4.74 Å². The summed E-state index contributed by atoms with van der Waals surface area (Å²) < 4.78 is 5.39. The van der Waals surface area contributed by atoms with Crippen molar-refractivity contribution in [2.45, 2.75) is 25.2 Å². The molecule has 1 aliphatic carbocycles. The minimum Gasteiger partial charge on any atom is -0.496 e. The first-order chi connectivity index (χ1) is 9.33. The van der Waals surface area contributed by atoms with Crippen molar-refractivity contribution < 1.29 is 4.74 Å². The molecule has 0 aliphatic heterocycles. The molecule has 0 spiro atoms. The first-order valence-electron chi connectivity index (χ1n) is 6.33. The molecule has 0 bridgehead atoms. The van der Waals surface area contributed by atoms with Gasteiger partial charge in [-0.2, -0.15) is 5.26 Å². The molecule has 0 radical (unpaired) electrons. The molecular weight excluding hydrogens is 256 g/mol. The predicted octanol–water partition coefficient (Wildman–Crippen LogP) is 3.76. The van der Waals surface area contributed by atoms with Crippen molar-refractivity contribution in [1.82, 2.24) is 4.98 Å². The normalized spacial score (nSPS) is 14.1. The van der Waals surface area contributed by atoms with Crippen LogP contribution in [0.3, 0.4) is 0 Å². The Labute approximate surface area is 116 Å². The Bertz CT molecular complexity index is 638. The third-order valence-electron chi connectivity index (χ3n) is 3.27. The SMILES string of the molecule is COc1ccccc1-c1nc(C2CC2)c(CC#N)s1. The highest BCUT2D eigenvalue weighted by molar-refractivity contribution is 7.15. The van der Waals surface area contributed by atoms with Crippen LogP contribution in [0.15, 0.2) is 24.3 Å². The van der Waals surface area contributed by atoms with Gasteiger partial charge in [0.25, 0.3) is 0 Å². The number of para-hydroxylation sites is 1. The highest BCUT2D eigenvalue weighted by atomic mass is 32.1. The van der Waals surface area contributed by atoms with Crippen LogP contribution in [0.4, 0.5) is 0 Å². The summed E-state index contributed by atoms with van der Waals surface area (Å²) in [6.07, 6.45) is 2.86. The molecule has 0 amide bonds. The number of nitrogens with zero attached hydrogens (tertiary/aromatic N) is 2. The maximum atomic E-state index is 8.93. The van der Waals surface area contributed by atoms with E-state index in [4.69, 9.17) is 15.0 Å². The van der Waals surface area contributed by atoms with E-state index < -0.39 is 0 Å². The molecule has 0 atom stereocenters. The summed E-state index contributed by atoms with van der Waals surface area (Å²) in [7, 11) is 1.67. The molecule has 0 unspecified atom stereocenters. The molecule has 1 saturated carbocycles. The number of hydrogen-bond acceptors (Lipinski definition) is 4. The topological polar surface area (TPSA) is 45.9 Å². The molecule has 0 N–H and O–H groups in total. The lowest BCUT2D eigenvalue weighted by Crippen LogP contribution is -1.88. The van der Waals surface area contributed by atoms with Crippen molar-refractivity contribution in [2.75, 3.05) is 7.11 Å². The van der Waals surface area contributed by atoms with E-state index in [9.17, 15) is 0 Å². The zero-order valence-corrected chi connectivity index (χ0v) is 11.5. The van der Waals surface area contributed by atoms with Crippen molar-refractivity contribution in [3.05, 3.63) is 34.8 Å². The number of rotatable bonds is 4. The van der Waals surface area contributed by atoms with E-state index in [0.717, 1.165) is 26.9 Å². The van der Waals surface area contributed by atoms with Gasteiger partial charge in [-0.15, -0.1) is 11.3 Å². The standard InChI is InChI=1S/C15H14N2OS/c1-18-12-5-3-2-4-11(12)15-17-14(10-6-7-10)13(19-15)8-9-16/h2-5,10H,6-8H2,1H3. The number of aromatic nitrogens is 1. The van der Waals surface area contributed by atoms with E-state index in [0.29, 0.717) is 12.3 Å². The molecule has 4 heteroatoms. The van der Waals surface area contributed by atoms with Crippen molar-refractivity contribution in [1.29, 1.82) is 5.26 Å². The molecule has 19 heavy (non-hydrogen) atoms. The number of nitriles is 1. The van der Waals surface area contributed by atoms with Gasteiger partial charge in [-0.1, -0.05) is 12.1 Å². The average molecular weight is 270 g/mol. The zero-order valence-electron chi connectivity index (χ0n) is 10.7. The molecule has 3 nitrogen and oxygen atoms in total. The van der Waals surface area contributed by atoms with Gasteiger partial charge in [-0.25, -0.2) is 4.98 Å². The second-order valence-electron chi connectivity index (χ2n) is 4.64. The van der Waals surface area contributed by atoms with Gasteiger partial charge in [0.05, 0.1) is 30.9 Å². The van der Waals surface area contributed by atoms with Crippen LogP contribution in [-0.4, -0.2) is 12.1 Å². The molecule has 3 rings (SSSR count). The van der Waals surface area contributed by atoms with Crippen LogP contribution in [0.1, 0.15) is 29.3 Å². The van der Waals surface area contributed by atoms with Crippen LogP contribution in [0.5, 0.6) is 5.75 Å². The molecule has 2 aromatic rings. The molecule has 1 heterocycles. The minimum atomic E-state index is 0.457. The molecule has 96 valence electrons. The van der Waals surface area contributed by atoms with E-state index in [-0.39, 0.29) is 0 Å². The van der Waals surface area contributed by atoms with E-state index in [1.165, 1.54) is 12.8 Å². The summed E-state index contributed by atoms with van der Waals surface area (Å²) in [6, 6.07) is 10.1. The lowest BCUT2D eigenvalue weighted by atomic mass is 10.2. The van der Waals surface area contributed by atoms with Crippen LogP contribution in [0, 0.1) is 11.3 Å². The summed E-state index contributed by atoms with van der Waals surface area (Å²) in [4.78, 5) is 5.87. The fourth-order valence-electron chi connectivity index (χ4n) is 2.17. The average Bonchev–Trinajstić information content (AvgIpc) is 3.21. The van der Waals surface area contributed by atoms with Gasteiger partial charge in [0.1, 0.15) is 10.8 Å². The lowest BCUT2D eigenvalue weighted by molar-refractivity contribution is 0.416. The second kappa shape index (κ2) is 5.02. The van der Waals surface area contributed by atoms with Crippen molar-refractivity contribution in [3.63, 3.8) is 0 Å². The molecule has 1 aromatic heterocycles. The van der Waals surface area contributed by atoms with Crippen LogP contribution in [-0.2, 0) is 6.42 Å². The van der Waals surface area contributed by atoms with E-state index in [2.05, 4.69) is 6.07 Å². The molecule has 1 aromatic carbocycles. The summed E-state index contributed by atoms with van der Waals surface area (Å²) in [6.45, 7) is 0. The predicted molar refractivity (Wildman–Crippen MR) is 75.4 cm³/mol. The van der Waals surface area contributed by atoms with E-state index in [1.807, 2.05) is 24.3 Å². The molecular formula is C15H14N2OS. The second-order valence-corrected chi connectivity index (χ2v) is 5.72. The maximum Gasteiger partial charge on any atom is 0.129 e. The minimum absolute atomic E-state index is 0.457. The summed E-state index contributed by atoms with van der Waals surface area (Å²) in [5.41, 5.74) is 2.15. The van der Waals surface area contributed by atoms with Crippen LogP contribution >= 0.6 is 11.3 Å². The van der Waals surface area contributed by atoms with Gasteiger partial charge in [0.2, 0.25) is 0 Å². The molecule has 1 fully saturated rings. The fourth-order valence-corrected chi connectivity index (χ4v) is 3.28. The van der Waals surface area contributed by atoms with Gasteiger partial charge in [0.15, 0.2) is 0 Å². The lowest BCUT2D eigenvalue weighted by Gasteiger charge is -2.04. The van der Waals surface area contributed by atoms with Crippen molar-refractivity contribution in [3.8, 4) is 22.4 Å². The van der Waals surface area contributed by atoms with Crippen LogP contribution < -0.4 is 4.74 Å². The number of benzene rings is 1. The molecule has 1 aliphatic rings. The Morgan fingerprint density at radius 1 is 1.42 bits per heavy atom. The Morgan fingerprint density at radius 2 is 2.21 bits per heavy atom. The highest BCUT2D eigenvalue weighted by Crippen LogP contribution is 2.45. The number of thiazole rings is 1. The summed E-state index contributed by atoms with van der Waals surface area (Å²) in [5, 5.41) is 9.89. The Morgan fingerprint density at radius 3 is 2.89 bits per heavy atom. The number of ether oxygens (including phenoxy) is 1. The Kier molecular flexibility index (Phi) is 3.22. The van der Waals surface area contributed by atoms with Crippen LogP contribution in [0.25, 0.3) is 10.6 Å². The van der Waals surface area contributed by atoms with Crippen molar-refractivity contribution in [2.24, 2.45) is 0 Å². The van der Waals surface area contributed by atoms with E-state index >= 15 is 0 Å². The number of methoxy groups -OCH3 is 1. The van der Waals surface area contributed by atoms with Crippen LogP contribution in [0.2, 0.25) is 0 Å². The third kappa shape index (κ3) is 2.34. The van der Waals surface area contributed by atoms with Crippen molar-refractivity contribution >= 4 is 11.3 Å². The first kappa shape index (κ1) is 12.2. The van der Waals surface area contributed by atoms with Gasteiger partial charge in [-0.3, -0.25) is 0 Å². The maximum absolute atomic E-state index is 8.93. The molecule has 0 saturated heterocycles. The summed E-state index contributed by atoms with van der Waals surface area (Å²) in [5.74, 6) is 1.41. The summed E-state index contributed by atoms with van der Waals surface area (Å²) >= 11 is 1.62. The Hall–Kier alpha value is -1.86. The first-order valence-corrected chi connectivity index (χ1v) is 7.15.